The van der Waals surface area contributed by atoms with E-state index in [9.17, 15) is 18.5 Å². The molecule has 0 unspecified atom stereocenters. The van der Waals surface area contributed by atoms with Crippen LogP contribution < -0.4 is 4.90 Å². The lowest BCUT2D eigenvalue weighted by molar-refractivity contribution is -0.123. The molecule has 3 rings (SSSR count). The van der Waals surface area contributed by atoms with Crippen LogP contribution in [0.15, 0.2) is 41.3 Å². The topological polar surface area (TPSA) is 90.7 Å². The number of carbonyl (C=O) groups is 1. The predicted octanol–water partition coefficient (Wildman–Crippen LogP) is 4.34. The van der Waals surface area contributed by atoms with Crippen molar-refractivity contribution in [3.05, 3.63) is 58.1 Å². The number of thiocarbonyl (C=S) groups is 1. The summed E-state index contributed by atoms with van der Waals surface area (Å²) in [6.45, 7) is 7.38. The van der Waals surface area contributed by atoms with Crippen LogP contribution in [0.4, 0.5) is 5.69 Å². The lowest BCUT2D eigenvalue weighted by Crippen LogP contribution is -2.44. The number of nitriles is 1. The van der Waals surface area contributed by atoms with E-state index in [1.165, 1.54) is 17.0 Å². The van der Waals surface area contributed by atoms with Crippen LogP contribution in [0.3, 0.4) is 0 Å². The Bertz CT molecular complexity index is 1250. The fraction of sp³-hybridized carbons (Fsp3) is 0.348. The van der Waals surface area contributed by atoms with Gasteiger partial charge in [0.1, 0.15) is 11.6 Å². The van der Waals surface area contributed by atoms with Crippen molar-refractivity contribution in [2.75, 3.05) is 18.1 Å². The number of nitrogens with zero attached hydrogens (tertiary/aromatic N) is 3. The normalized spacial score (nSPS) is 15.8. The number of carbonyl (C=O) groups excluding carboxylic acids is 1. The molecule has 1 amide bonds. The molecule has 7 nitrogen and oxygen atoms in total. The summed E-state index contributed by atoms with van der Waals surface area (Å²) >= 11 is 11.9. The smallest absolute Gasteiger partial charge is 0.296 e. The zero-order chi connectivity index (χ0) is 24.6. The molecule has 1 aliphatic rings. The van der Waals surface area contributed by atoms with Gasteiger partial charge in [0.05, 0.1) is 27.8 Å². The standard InChI is InChI=1S/C23H24ClN3O4S2/c1-15-6-9-18(10-7-15)33(29,30)31-13-5-12-26-22(32)27(21(28)23(26,3)4)19-11-8-17(14-25)20(24)16(19)2/h6-11H,5,12-13H2,1-4H3. The highest BCUT2D eigenvalue weighted by atomic mass is 35.5. The largest absolute Gasteiger partial charge is 0.334 e. The summed E-state index contributed by atoms with van der Waals surface area (Å²) in [5, 5.41) is 9.75. The van der Waals surface area contributed by atoms with E-state index in [0.717, 1.165) is 5.56 Å². The van der Waals surface area contributed by atoms with Crippen molar-refractivity contribution >= 4 is 50.6 Å². The maximum absolute atomic E-state index is 13.2. The molecule has 0 atom stereocenters. The van der Waals surface area contributed by atoms with Crippen molar-refractivity contribution in [1.29, 1.82) is 5.26 Å². The van der Waals surface area contributed by atoms with Gasteiger partial charge in [-0.3, -0.25) is 13.9 Å². The van der Waals surface area contributed by atoms with Gasteiger partial charge in [0.25, 0.3) is 16.0 Å². The van der Waals surface area contributed by atoms with Gasteiger partial charge in [0.2, 0.25) is 0 Å². The van der Waals surface area contributed by atoms with Gasteiger partial charge in [0, 0.05) is 6.54 Å². The molecule has 0 bridgehead atoms. The Kier molecular flexibility index (Phi) is 7.15. The maximum atomic E-state index is 13.2. The third-order valence-corrected chi connectivity index (χ3v) is 7.83. The van der Waals surface area contributed by atoms with E-state index in [1.807, 2.05) is 13.0 Å². The van der Waals surface area contributed by atoms with E-state index in [1.54, 1.807) is 49.9 Å². The number of amides is 1. The van der Waals surface area contributed by atoms with Crippen molar-refractivity contribution in [3.63, 3.8) is 0 Å². The number of aryl methyl sites for hydroxylation is 1. The average Bonchev–Trinajstić information content (AvgIpc) is 2.92. The molecule has 1 fully saturated rings. The molecule has 0 saturated carbocycles. The van der Waals surface area contributed by atoms with Gasteiger partial charge in [-0.2, -0.15) is 13.7 Å². The first-order chi connectivity index (χ1) is 15.4. The van der Waals surface area contributed by atoms with Gasteiger partial charge in [0.15, 0.2) is 5.11 Å². The fourth-order valence-corrected chi connectivity index (χ4v) is 5.24. The molecule has 0 spiro atoms. The van der Waals surface area contributed by atoms with Gasteiger partial charge in [-0.15, -0.1) is 0 Å². The second kappa shape index (κ2) is 9.39. The van der Waals surface area contributed by atoms with E-state index in [0.29, 0.717) is 29.8 Å². The van der Waals surface area contributed by atoms with Gasteiger partial charge in [-0.05, 0) is 76.2 Å². The third kappa shape index (κ3) is 4.75. The molecule has 2 aromatic carbocycles. The zero-order valence-corrected chi connectivity index (χ0v) is 21.1. The molecule has 0 radical (unpaired) electrons. The van der Waals surface area contributed by atoms with Crippen LogP contribution >= 0.6 is 23.8 Å². The number of anilines is 1. The van der Waals surface area contributed by atoms with E-state index in [-0.39, 0.29) is 27.5 Å². The number of hydrogen-bond donors (Lipinski definition) is 0. The van der Waals surface area contributed by atoms with Gasteiger partial charge < -0.3 is 4.90 Å². The maximum Gasteiger partial charge on any atom is 0.296 e. The Morgan fingerprint density at radius 2 is 1.79 bits per heavy atom. The van der Waals surface area contributed by atoms with Crippen LogP contribution in [0.1, 0.15) is 37.0 Å². The van der Waals surface area contributed by atoms with Gasteiger partial charge in [-0.25, -0.2) is 0 Å². The van der Waals surface area contributed by atoms with Crippen LogP contribution in [-0.2, 0) is 19.1 Å². The highest BCUT2D eigenvalue weighted by molar-refractivity contribution is 7.86. The molecular weight excluding hydrogens is 482 g/mol. The molecule has 0 aliphatic carbocycles. The second-order valence-corrected chi connectivity index (χ2v) is 10.6. The van der Waals surface area contributed by atoms with E-state index >= 15 is 0 Å². The highest BCUT2D eigenvalue weighted by Gasteiger charge is 2.49. The summed E-state index contributed by atoms with van der Waals surface area (Å²) in [7, 11) is -3.87. The Hall–Kier alpha value is -2.51. The summed E-state index contributed by atoms with van der Waals surface area (Å²) < 4.78 is 29.9. The quantitative estimate of drug-likeness (QED) is 0.314. The Morgan fingerprint density at radius 1 is 1.15 bits per heavy atom. The molecule has 1 aliphatic heterocycles. The minimum absolute atomic E-state index is 0.0543. The first kappa shape index (κ1) is 25.1. The summed E-state index contributed by atoms with van der Waals surface area (Å²) in [6, 6.07) is 11.7. The van der Waals surface area contributed by atoms with Crippen LogP contribution in [-0.4, -0.2) is 43.0 Å². The van der Waals surface area contributed by atoms with Crippen molar-refractivity contribution in [2.24, 2.45) is 0 Å². The molecule has 0 N–H and O–H groups in total. The number of hydrogen-bond acceptors (Lipinski definition) is 6. The van der Waals surface area contributed by atoms with Gasteiger partial charge in [-0.1, -0.05) is 29.3 Å². The van der Waals surface area contributed by atoms with Gasteiger partial charge >= 0.3 is 0 Å². The van der Waals surface area contributed by atoms with Crippen LogP contribution in [0, 0.1) is 25.2 Å². The molecule has 1 heterocycles. The monoisotopic (exact) mass is 505 g/mol. The minimum Gasteiger partial charge on any atom is -0.334 e. The molecule has 0 aromatic heterocycles. The van der Waals surface area contributed by atoms with Crippen LogP contribution in [0.2, 0.25) is 5.02 Å². The summed E-state index contributed by atoms with van der Waals surface area (Å²) in [5.41, 5.74) is 1.42. The summed E-state index contributed by atoms with van der Waals surface area (Å²) in [4.78, 5) is 16.5. The Labute approximate surface area is 204 Å². The predicted molar refractivity (Wildman–Crippen MR) is 131 cm³/mol. The lowest BCUT2D eigenvalue weighted by Gasteiger charge is -2.29. The first-order valence-corrected chi connectivity index (χ1v) is 12.4. The van der Waals surface area contributed by atoms with E-state index in [2.05, 4.69) is 0 Å². The average molecular weight is 506 g/mol. The van der Waals surface area contributed by atoms with Crippen LogP contribution in [0.25, 0.3) is 0 Å². The van der Waals surface area contributed by atoms with E-state index < -0.39 is 15.7 Å². The minimum atomic E-state index is -3.87. The molecule has 33 heavy (non-hydrogen) atoms. The molecular formula is C23H24ClN3O4S2. The SMILES string of the molecule is Cc1ccc(S(=O)(=O)OCCCN2C(=S)N(c3ccc(C#N)c(Cl)c3C)C(=O)C2(C)C)cc1. The fourth-order valence-electron chi connectivity index (χ4n) is 3.59. The second-order valence-electron chi connectivity index (χ2n) is 8.26. The molecule has 1 saturated heterocycles. The number of benzene rings is 2. The third-order valence-electron chi connectivity index (χ3n) is 5.62. The molecule has 10 heteroatoms. The number of halogens is 1. The molecule has 2 aromatic rings. The van der Waals surface area contributed by atoms with E-state index in [4.69, 9.17) is 28.0 Å². The summed E-state index contributed by atoms with van der Waals surface area (Å²) in [6.07, 6.45) is 0.336. The highest BCUT2D eigenvalue weighted by Crippen LogP contribution is 2.37. The van der Waals surface area contributed by atoms with Crippen molar-refractivity contribution in [1.82, 2.24) is 4.90 Å². The summed E-state index contributed by atoms with van der Waals surface area (Å²) in [5.74, 6) is -0.232. The zero-order valence-electron chi connectivity index (χ0n) is 18.8. The Balaban J connectivity index is 1.72. The molecule has 174 valence electrons. The van der Waals surface area contributed by atoms with Crippen molar-refractivity contribution in [3.8, 4) is 6.07 Å². The van der Waals surface area contributed by atoms with Crippen LogP contribution in [0.5, 0.6) is 0 Å². The number of rotatable bonds is 7. The Morgan fingerprint density at radius 3 is 2.39 bits per heavy atom. The lowest BCUT2D eigenvalue weighted by atomic mass is 10.0. The van der Waals surface area contributed by atoms with Crippen molar-refractivity contribution < 1.29 is 17.4 Å². The van der Waals surface area contributed by atoms with Crippen molar-refractivity contribution in [2.45, 2.75) is 44.6 Å². The first-order valence-electron chi connectivity index (χ1n) is 10.2.